The number of aromatic nitrogens is 2. The number of imidazole rings is 1. The molecule has 4 heteroatoms. The monoisotopic (exact) mass is 399 g/mol. The van der Waals surface area contributed by atoms with Crippen LogP contribution in [0.1, 0.15) is 43.5 Å². The second-order valence-corrected chi connectivity index (χ2v) is 8.57. The predicted molar refractivity (Wildman–Crippen MR) is 122 cm³/mol. The molecule has 0 saturated carbocycles. The quantitative estimate of drug-likeness (QED) is 0.654. The summed E-state index contributed by atoms with van der Waals surface area (Å²) < 4.78 is 2.25. The second kappa shape index (κ2) is 8.11. The van der Waals surface area contributed by atoms with Gasteiger partial charge in [0, 0.05) is 18.8 Å². The van der Waals surface area contributed by atoms with Crippen molar-refractivity contribution < 1.29 is 5.11 Å². The first-order chi connectivity index (χ1) is 14.7. The van der Waals surface area contributed by atoms with Gasteiger partial charge < -0.3 is 14.6 Å². The lowest BCUT2D eigenvalue weighted by atomic mass is 9.85. The zero-order valence-electron chi connectivity index (χ0n) is 17.5. The number of fused-ring (bicyclic) bond motifs is 1. The minimum Gasteiger partial charge on any atom is -0.393 e. The second-order valence-electron chi connectivity index (χ2n) is 8.57. The molecule has 2 aliphatic rings. The Morgan fingerprint density at radius 1 is 1.00 bits per heavy atom. The number of allylic oxidation sites excluding steroid dienone is 2. The van der Waals surface area contributed by atoms with Gasteiger partial charge in [0.25, 0.3) is 0 Å². The third-order valence-electron chi connectivity index (χ3n) is 6.88. The summed E-state index contributed by atoms with van der Waals surface area (Å²) in [5.41, 5.74) is 6.30. The van der Waals surface area contributed by atoms with E-state index in [0.29, 0.717) is 5.92 Å². The van der Waals surface area contributed by atoms with Crippen LogP contribution in [-0.4, -0.2) is 33.9 Å². The fourth-order valence-corrected chi connectivity index (χ4v) is 5.23. The highest BCUT2D eigenvalue weighted by atomic mass is 16.3. The van der Waals surface area contributed by atoms with Crippen LogP contribution in [0.3, 0.4) is 0 Å². The number of aliphatic hydroxyl groups excluding tert-OH is 1. The van der Waals surface area contributed by atoms with Crippen molar-refractivity contribution in [2.75, 3.05) is 18.0 Å². The number of aliphatic hydroxyl groups is 1. The van der Waals surface area contributed by atoms with E-state index in [2.05, 4.69) is 82.0 Å². The smallest absolute Gasteiger partial charge is 0.0956 e. The molecule has 1 fully saturated rings. The van der Waals surface area contributed by atoms with E-state index in [-0.39, 0.29) is 12.1 Å². The molecule has 2 atom stereocenters. The lowest BCUT2D eigenvalue weighted by molar-refractivity contribution is 0.0770. The predicted octanol–water partition coefficient (Wildman–Crippen LogP) is 5.04. The molecular weight excluding hydrogens is 370 g/mol. The minimum absolute atomic E-state index is 0.145. The van der Waals surface area contributed by atoms with E-state index in [9.17, 15) is 5.11 Å². The standard InChI is InChI=1S/C26H29N3O/c1-19-24-17-27-18-29(24)23(26(19)21-8-4-2-5-9-21)16-25(30)20-12-14-28(15-13-20)22-10-6-3-7-11-22/h2-11,17-18,20,23,25,30H,12-16H2,1H3. The molecule has 0 aliphatic carbocycles. The molecule has 2 aromatic carbocycles. The van der Waals surface area contributed by atoms with Crippen LogP contribution in [0, 0.1) is 5.92 Å². The van der Waals surface area contributed by atoms with Gasteiger partial charge in [-0.15, -0.1) is 0 Å². The Bertz CT molecular complexity index is 1020. The van der Waals surface area contributed by atoms with Gasteiger partial charge in [-0.05, 0) is 60.9 Å². The Hall–Kier alpha value is -2.85. The molecule has 0 radical (unpaired) electrons. The molecule has 3 heterocycles. The van der Waals surface area contributed by atoms with Gasteiger partial charge in [0.1, 0.15) is 0 Å². The van der Waals surface area contributed by atoms with Gasteiger partial charge in [-0.2, -0.15) is 0 Å². The average molecular weight is 400 g/mol. The Labute approximate surface area is 178 Å². The van der Waals surface area contributed by atoms with Crippen molar-refractivity contribution in [3.8, 4) is 0 Å². The van der Waals surface area contributed by atoms with Crippen LogP contribution in [0.2, 0.25) is 0 Å². The first kappa shape index (κ1) is 19.1. The van der Waals surface area contributed by atoms with E-state index in [1.54, 1.807) is 0 Å². The number of anilines is 1. The van der Waals surface area contributed by atoms with Crippen molar-refractivity contribution in [2.24, 2.45) is 5.92 Å². The zero-order valence-corrected chi connectivity index (χ0v) is 17.5. The molecule has 0 spiro atoms. The van der Waals surface area contributed by atoms with Crippen LogP contribution < -0.4 is 4.90 Å². The number of piperidine rings is 1. The lowest BCUT2D eigenvalue weighted by Gasteiger charge is -2.36. The number of hydrogen-bond acceptors (Lipinski definition) is 3. The Kier molecular flexibility index (Phi) is 5.17. The fraction of sp³-hybridized carbons (Fsp3) is 0.346. The van der Waals surface area contributed by atoms with E-state index < -0.39 is 0 Å². The van der Waals surface area contributed by atoms with E-state index in [0.717, 1.165) is 32.4 Å². The van der Waals surface area contributed by atoms with Crippen LogP contribution in [0.4, 0.5) is 5.69 Å². The van der Waals surface area contributed by atoms with Crippen LogP contribution >= 0.6 is 0 Å². The molecule has 5 rings (SSSR count). The first-order valence-electron chi connectivity index (χ1n) is 11.0. The zero-order chi connectivity index (χ0) is 20.5. The third-order valence-corrected chi connectivity index (χ3v) is 6.88. The van der Waals surface area contributed by atoms with Crippen LogP contribution in [0.15, 0.2) is 73.2 Å². The number of nitrogens with zero attached hydrogens (tertiary/aromatic N) is 3. The summed E-state index contributed by atoms with van der Waals surface area (Å²) in [6.45, 7) is 4.20. The van der Waals surface area contributed by atoms with Crippen molar-refractivity contribution >= 4 is 16.8 Å². The fourth-order valence-electron chi connectivity index (χ4n) is 5.23. The third kappa shape index (κ3) is 3.46. The summed E-state index contributed by atoms with van der Waals surface area (Å²) in [4.78, 5) is 6.81. The van der Waals surface area contributed by atoms with E-state index in [1.807, 2.05) is 12.5 Å². The van der Waals surface area contributed by atoms with Crippen molar-refractivity contribution in [1.29, 1.82) is 0 Å². The Morgan fingerprint density at radius 3 is 2.37 bits per heavy atom. The Balaban J connectivity index is 1.31. The largest absolute Gasteiger partial charge is 0.393 e. The molecule has 3 aromatic rings. The van der Waals surface area contributed by atoms with Gasteiger partial charge >= 0.3 is 0 Å². The highest BCUT2D eigenvalue weighted by molar-refractivity contribution is 5.93. The summed E-state index contributed by atoms with van der Waals surface area (Å²) in [6, 6.07) is 21.3. The molecule has 4 nitrogen and oxygen atoms in total. The van der Waals surface area contributed by atoms with E-state index in [4.69, 9.17) is 0 Å². The molecular formula is C26H29N3O. The maximum atomic E-state index is 11.2. The Morgan fingerprint density at radius 2 is 1.67 bits per heavy atom. The van der Waals surface area contributed by atoms with Crippen LogP contribution in [0.5, 0.6) is 0 Å². The molecule has 1 aromatic heterocycles. The van der Waals surface area contributed by atoms with E-state index in [1.165, 1.54) is 28.1 Å². The molecule has 0 amide bonds. The number of hydrogen-bond donors (Lipinski definition) is 1. The maximum Gasteiger partial charge on any atom is 0.0956 e. The van der Waals surface area contributed by atoms with Gasteiger partial charge in [0.15, 0.2) is 0 Å². The van der Waals surface area contributed by atoms with Crippen LogP contribution in [-0.2, 0) is 0 Å². The maximum absolute atomic E-state index is 11.2. The summed E-state index contributed by atoms with van der Waals surface area (Å²) in [5.74, 6) is 0.342. The summed E-state index contributed by atoms with van der Waals surface area (Å²) in [6.07, 6.45) is 6.35. The van der Waals surface area contributed by atoms with Gasteiger partial charge in [-0.1, -0.05) is 48.5 Å². The molecule has 0 bridgehead atoms. The van der Waals surface area contributed by atoms with Crippen LogP contribution in [0.25, 0.3) is 11.1 Å². The van der Waals surface area contributed by atoms with Gasteiger partial charge in [0.2, 0.25) is 0 Å². The lowest BCUT2D eigenvalue weighted by Crippen LogP contribution is -2.38. The van der Waals surface area contributed by atoms with Gasteiger partial charge in [0.05, 0.1) is 30.4 Å². The van der Waals surface area contributed by atoms with E-state index >= 15 is 0 Å². The van der Waals surface area contributed by atoms with Gasteiger partial charge in [-0.25, -0.2) is 4.98 Å². The van der Waals surface area contributed by atoms with Crippen molar-refractivity contribution in [2.45, 2.75) is 38.3 Å². The minimum atomic E-state index is -0.312. The van der Waals surface area contributed by atoms with Crippen molar-refractivity contribution in [3.05, 3.63) is 84.4 Å². The van der Waals surface area contributed by atoms with Crippen molar-refractivity contribution in [1.82, 2.24) is 9.55 Å². The highest BCUT2D eigenvalue weighted by Gasteiger charge is 2.34. The molecule has 1 saturated heterocycles. The SMILES string of the molecule is CC1=C(c2ccccc2)C(CC(O)C2CCN(c3ccccc3)CC2)n2cncc21. The molecule has 1 N–H and O–H groups in total. The van der Waals surface area contributed by atoms with Gasteiger partial charge in [-0.3, -0.25) is 0 Å². The topological polar surface area (TPSA) is 41.3 Å². The number of benzene rings is 2. The number of para-hydroxylation sites is 1. The van der Waals surface area contributed by atoms with Crippen molar-refractivity contribution in [3.63, 3.8) is 0 Å². The molecule has 2 unspecified atom stereocenters. The molecule has 2 aliphatic heterocycles. The molecule has 30 heavy (non-hydrogen) atoms. The summed E-state index contributed by atoms with van der Waals surface area (Å²) in [7, 11) is 0. The summed E-state index contributed by atoms with van der Waals surface area (Å²) >= 11 is 0. The molecule has 154 valence electrons. The normalized spacial score (nSPS) is 20.5. The average Bonchev–Trinajstić information content (AvgIpc) is 3.38. The number of rotatable bonds is 5. The first-order valence-corrected chi connectivity index (χ1v) is 11.0. The highest BCUT2D eigenvalue weighted by Crippen LogP contribution is 2.45. The summed E-state index contributed by atoms with van der Waals surface area (Å²) in [5, 5.41) is 11.2.